The van der Waals surface area contributed by atoms with Crippen molar-refractivity contribution in [1.82, 2.24) is 9.80 Å². The van der Waals surface area contributed by atoms with Gasteiger partial charge in [-0.3, -0.25) is 19.3 Å². The van der Waals surface area contributed by atoms with Crippen molar-refractivity contribution < 1.29 is 61.4 Å². The summed E-state index contributed by atoms with van der Waals surface area (Å²) in [5.41, 5.74) is 7.29. The van der Waals surface area contributed by atoms with Gasteiger partial charge in [-0.15, -0.1) is 11.8 Å². The molecule has 1 aromatic heterocycles. The number of benzene rings is 1. The maximum absolute atomic E-state index is 13.5. The van der Waals surface area contributed by atoms with E-state index in [0.717, 1.165) is 22.6 Å². The summed E-state index contributed by atoms with van der Waals surface area (Å²) >= 11 is 1.35. The molecular weight excluding hydrogens is 642 g/mol. The average molecular weight is 668 g/mol. The number of aromatic hydroxyl groups is 1. The number of halogens is 4. The number of thioether (sulfide) groups is 1. The Morgan fingerprint density at radius 3 is 2.54 bits per heavy atom. The van der Waals surface area contributed by atoms with Crippen molar-refractivity contribution in [3.8, 4) is 5.75 Å². The molecule has 4 heterocycles. The standard InChI is InChI=1S/C26H24FN5O6S.C2HF3O2/c27-18-9-17(3-4-19(18)33)29-20(34)12-30-6-1-2-14(10-30)11-31-7-5-15(23(31)35)8-16-13-39-25-21(28)24(36)32(25)22(16)26(37)38;3-2(4,5)1(6)7/h1-4,6,8-10,21,25H,5,7,11-13,28H2,(H2-,29,33,34,37,38);(H,6,7)/b15-8+;/t21-,25-;/m1./s1. The number of carboxylic acids is 2. The third kappa shape index (κ3) is 7.63. The number of phenols is 1. The van der Waals surface area contributed by atoms with E-state index in [-0.39, 0.29) is 30.4 Å². The summed E-state index contributed by atoms with van der Waals surface area (Å²) in [4.78, 5) is 61.1. The van der Waals surface area contributed by atoms with Crippen molar-refractivity contribution in [2.24, 2.45) is 5.73 Å². The lowest BCUT2D eigenvalue weighted by atomic mass is 10.0. The number of carboxylic acid groups (broad SMARTS) is 2. The third-order valence-electron chi connectivity index (χ3n) is 6.89. The van der Waals surface area contributed by atoms with Crippen molar-refractivity contribution in [2.45, 2.75) is 37.1 Å². The van der Waals surface area contributed by atoms with Gasteiger partial charge in [0, 0.05) is 41.3 Å². The lowest BCUT2D eigenvalue weighted by Gasteiger charge is -2.49. The number of likely N-dealkylation sites (tertiary alicyclic amines) is 1. The lowest BCUT2D eigenvalue weighted by Crippen LogP contribution is -2.69. The molecule has 5 rings (SSSR count). The minimum absolute atomic E-state index is 0.0624. The number of carbonyl (C=O) groups excluding carboxylic acids is 4. The fourth-order valence-electron chi connectivity index (χ4n) is 4.74. The molecule has 0 bridgehead atoms. The van der Waals surface area contributed by atoms with E-state index in [1.54, 1.807) is 27.9 Å². The molecule has 46 heavy (non-hydrogen) atoms. The molecule has 2 aromatic rings. The van der Waals surface area contributed by atoms with Crippen LogP contribution < -0.4 is 20.7 Å². The molecule has 13 nitrogen and oxygen atoms in total. The molecule has 0 aliphatic carbocycles. The Balaban J connectivity index is 0.000000617. The second-order valence-corrected chi connectivity index (χ2v) is 11.2. The van der Waals surface area contributed by atoms with Gasteiger partial charge in [-0.2, -0.15) is 17.7 Å². The molecule has 0 saturated carbocycles. The first-order valence-corrected chi connectivity index (χ1v) is 14.3. The summed E-state index contributed by atoms with van der Waals surface area (Å²) in [6.45, 7) is 0.626. The van der Waals surface area contributed by atoms with Crippen LogP contribution in [0.3, 0.4) is 0 Å². The van der Waals surface area contributed by atoms with Crippen molar-refractivity contribution in [3.05, 3.63) is 77.0 Å². The first kappa shape index (κ1) is 33.9. The molecule has 0 radical (unpaired) electrons. The topological polar surface area (TPSA) is 197 Å². The van der Waals surface area contributed by atoms with Gasteiger partial charge in [0.05, 0.1) is 18.2 Å². The fraction of sp³-hybridized carbons (Fsp3) is 0.286. The zero-order valence-corrected chi connectivity index (χ0v) is 24.3. The molecule has 1 aromatic carbocycles. The Bertz CT molecular complexity index is 1660. The zero-order valence-electron chi connectivity index (χ0n) is 23.5. The summed E-state index contributed by atoms with van der Waals surface area (Å²) in [5, 5.41) is 30.3. The number of rotatable bonds is 7. The fourth-order valence-corrected chi connectivity index (χ4v) is 5.99. The summed E-state index contributed by atoms with van der Waals surface area (Å²) in [6.07, 6.45) is 0.264. The number of phenolic OH excluding ortho intramolecular Hbond substituents is 1. The van der Waals surface area contributed by atoms with Gasteiger partial charge in [-0.1, -0.05) is 0 Å². The number of anilines is 1. The number of fused-ring (bicyclic) bond motifs is 1. The summed E-state index contributed by atoms with van der Waals surface area (Å²) in [5.74, 6) is -6.44. The number of β-lactam (4-membered cyclic amide) rings is 1. The van der Waals surface area contributed by atoms with Crippen LogP contribution in [0.25, 0.3) is 0 Å². The van der Waals surface area contributed by atoms with Gasteiger partial charge in [0.2, 0.25) is 18.4 Å². The SMILES string of the molecule is N[C@@H]1C(=O)N2C(C(=O)[O-])=C(/C=C3\CCN(Cc4ccc[n+](CC(=O)Nc5ccc(O)c(F)c5)c4)C3=O)CS[C@H]12.O=C(O)C(F)(F)F. The van der Waals surface area contributed by atoms with E-state index in [1.807, 2.05) is 6.07 Å². The van der Waals surface area contributed by atoms with Gasteiger partial charge < -0.3 is 36.1 Å². The minimum Gasteiger partial charge on any atom is -0.543 e. The average Bonchev–Trinajstić information content (AvgIpc) is 3.32. The Kier molecular flexibility index (Phi) is 10.0. The number of pyridine rings is 1. The van der Waals surface area contributed by atoms with E-state index >= 15 is 0 Å². The van der Waals surface area contributed by atoms with Crippen LogP contribution in [-0.2, 0) is 37.1 Å². The van der Waals surface area contributed by atoms with Crippen LogP contribution >= 0.6 is 11.8 Å². The van der Waals surface area contributed by atoms with Crippen LogP contribution in [0, 0.1) is 5.82 Å². The number of nitrogens with one attached hydrogen (secondary N) is 1. The monoisotopic (exact) mass is 667 g/mol. The van der Waals surface area contributed by atoms with E-state index < -0.39 is 52.9 Å². The van der Waals surface area contributed by atoms with Crippen molar-refractivity contribution in [3.63, 3.8) is 0 Å². The molecule has 5 N–H and O–H groups in total. The van der Waals surface area contributed by atoms with Crippen LogP contribution in [0.15, 0.2) is 65.6 Å². The van der Waals surface area contributed by atoms with Crippen LogP contribution in [0.4, 0.5) is 23.2 Å². The first-order chi connectivity index (χ1) is 21.6. The molecular formula is C28H25F4N5O8S. The maximum atomic E-state index is 13.5. The van der Waals surface area contributed by atoms with E-state index in [9.17, 15) is 47.0 Å². The highest BCUT2D eigenvalue weighted by Gasteiger charge is 2.50. The number of aromatic nitrogens is 1. The Hall–Kier alpha value is -4.97. The van der Waals surface area contributed by atoms with Gasteiger partial charge in [0.1, 0.15) is 11.4 Å². The largest absolute Gasteiger partial charge is 0.543 e. The molecule has 3 aliphatic rings. The molecule has 0 unspecified atom stereocenters. The number of nitrogens with zero attached hydrogens (tertiary/aromatic N) is 3. The first-order valence-electron chi connectivity index (χ1n) is 13.3. The van der Waals surface area contributed by atoms with Gasteiger partial charge >= 0.3 is 12.1 Å². The Morgan fingerprint density at radius 2 is 1.91 bits per heavy atom. The summed E-state index contributed by atoms with van der Waals surface area (Å²) < 4.78 is 46.9. The number of allylic oxidation sites excluding steroid dienone is 1. The van der Waals surface area contributed by atoms with E-state index in [0.29, 0.717) is 29.9 Å². The van der Waals surface area contributed by atoms with Crippen molar-refractivity contribution in [1.29, 1.82) is 0 Å². The molecule has 244 valence electrons. The predicted molar refractivity (Wildman–Crippen MR) is 148 cm³/mol. The number of carbonyl (C=O) groups is 5. The van der Waals surface area contributed by atoms with Gasteiger partial charge in [-0.05, 0) is 36.3 Å². The zero-order chi connectivity index (χ0) is 33.9. The summed E-state index contributed by atoms with van der Waals surface area (Å²) in [6, 6.07) is 6.35. The number of hydrogen-bond acceptors (Lipinski definition) is 9. The minimum atomic E-state index is -5.08. The van der Waals surface area contributed by atoms with Crippen molar-refractivity contribution >= 4 is 47.1 Å². The normalized spacial score (nSPS) is 20.2. The molecule has 0 spiro atoms. The molecule has 3 aliphatic heterocycles. The van der Waals surface area contributed by atoms with E-state index in [1.165, 1.54) is 23.9 Å². The highest BCUT2D eigenvalue weighted by molar-refractivity contribution is 8.00. The quantitative estimate of drug-likeness (QED) is 0.103. The number of amides is 3. The second-order valence-electron chi connectivity index (χ2n) is 10.1. The maximum Gasteiger partial charge on any atom is 0.490 e. The number of aliphatic carboxylic acids is 2. The van der Waals surface area contributed by atoms with E-state index in [2.05, 4.69) is 5.32 Å². The van der Waals surface area contributed by atoms with Crippen LogP contribution in [-0.4, -0.2) is 79.6 Å². The van der Waals surface area contributed by atoms with E-state index in [4.69, 9.17) is 15.6 Å². The van der Waals surface area contributed by atoms with Gasteiger partial charge in [0.15, 0.2) is 24.0 Å². The summed E-state index contributed by atoms with van der Waals surface area (Å²) in [7, 11) is 0. The highest BCUT2D eigenvalue weighted by atomic mass is 32.2. The predicted octanol–water partition coefficient (Wildman–Crippen LogP) is -0.00410. The molecule has 2 fully saturated rings. The number of hydrogen-bond donors (Lipinski definition) is 4. The number of alkyl halides is 3. The Labute approximate surface area is 261 Å². The third-order valence-corrected chi connectivity index (χ3v) is 8.21. The van der Waals surface area contributed by atoms with Crippen molar-refractivity contribution in [2.75, 3.05) is 17.6 Å². The second kappa shape index (κ2) is 13.6. The Morgan fingerprint density at radius 1 is 1.22 bits per heavy atom. The molecule has 3 amide bonds. The molecule has 18 heteroatoms. The lowest BCUT2D eigenvalue weighted by molar-refractivity contribution is -0.684. The molecule has 2 saturated heterocycles. The smallest absolute Gasteiger partial charge is 0.490 e. The van der Waals surface area contributed by atoms with Gasteiger partial charge in [0.25, 0.3) is 5.91 Å². The van der Waals surface area contributed by atoms with Gasteiger partial charge in [-0.25, -0.2) is 9.18 Å². The van der Waals surface area contributed by atoms with Crippen LogP contribution in [0.1, 0.15) is 12.0 Å². The molecule has 2 atom stereocenters. The van der Waals surface area contributed by atoms with Crippen LogP contribution in [0.5, 0.6) is 5.75 Å². The highest BCUT2D eigenvalue weighted by Crippen LogP contribution is 2.40. The van der Waals surface area contributed by atoms with Crippen LogP contribution in [0.2, 0.25) is 0 Å². The number of nitrogens with two attached hydrogens (primary N) is 1.